The summed E-state index contributed by atoms with van der Waals surface area (Å²) < 4.78 is 1.10. The van der Waals surface area contributed by atoms with Crippen LogP contribution in [0.2, 0.25) is 0 Å². The van der Waals surface area contributed by atoms with Crippen molar-refractivity contribution < 1.29 is 0 Å². The SMILES string of the molecule is NCC(Sc1ncccn1)c1cc(Br)cs1. The summed E-state index contributed by atoms with van der Waals surface area (Å²) in [4.78, 5) is 9.62. The van der Waals surface area contributed by atoms with Gasteiger partial charge in [0.1, 0.15) is 0 Å². The Kier molecular flexibility index (Phi) is 4.34. The van der Waals surface area contributed by atoms with Gasteiger partial charge in [-0.3, -0.25) is 0 Å². The molecule has 0 amide bonds. The molecule has 6 heteroatoms. The van der Waals surface area contributed by atoms with E-state index in [2.05, 4.69) is 37.3 Å². The maximum absolute atomic E-state index is 5.78. The highest BCUT2D eigenvalue weighted by Crippen LogP contribution is 2.36. The topological polar surface area (TPSA) is 51.8 Å². The van der Waals surface area contributed by atoms with Gasteiger partial charge >= 0.3 is 0 Å². The maximum Gasteiger partial charge on any atom is 0.188 e. The van der Waals surface area contributed by atoms with Crippen molar-refractivity contribution >= 4 is 39.0 Å². The molecule has 2 N–H and O–H groups in total. The minimum absolute atomic E-state index is 0.221. The smallest absolute Gasteiger partial charge is 0.188 e. The van der Waals surface area contributed by atoms with Gasteiger partial charge in [0.15, 0.2) is 5.16 Å². The molecule has 3 nitrogen and oxygen atoms in total. The first-order valence-corrected chi connectivity index (χ1v) is 7.22. The van der Waals surface area contributed by atoms with Gasteiger partial charge in [-0.2, -0.15) is 0 Å². The van der Waals surface area contributed by atoms with Gasteiger partial charge in [-0.25, -0.2) is 9.97 Å². The summed E-state index contributed by atoms with van der Waals surface area (Å²) >= 11 is 6.74. The van der Waals surface area contributed by atoms with Crippen LogP contribution in [0.3, 0.4) is 0 Å². The van der Waals surface area contributed by atoms with Crippen LogP contribution in [0.5, 0.6) is 0 Å². The lowest BCUT2D eigenvalue weighted by Gasteiger charge is -2.10. The molecule has 0 saturated heterocycles. The summed E-state index contributed by atoms with van der Waals surface area (Å²) in [7, 11) is 0. The van der Waals surface area contributed by atoms with Gasteiger partial charge in [0.2, 0.25) is 0 Å². The summed E-state index contributed by atoms with van der Waals surface area (Å²) in [6, 6.07) is 3.90. The van der Waals surface area contributed by atoms with Crippen molar-refractivity contribution in [1.82, 2.24) is 9.97 Å². The van der Waals surface area contributed by atoms with Crippen molar-refractivity contribution in [2.45, 2.75) is 10.4 Å². The number of hydrogen-bond acceptors (Lipinski definition) is 5. The highest BCUT2D eigenvalue weighted by Gasteiger charge is 2.14. The molecule has 2 aromatic heterocycles. The first kappa shape index (κ1) is 12.0. The van der Waals surface area contributed by atoms with E-state index >= 15 is 0 Å². The van der Waals surface area contributed by atoms with Crippen molar-refractivity contribution in [2.75, 3.05) is 6.54 Å². The Morgan fingerprint density at radius 1 is 1.44 bits per heavy atom. The molecule has 1 unspecified atom stereocenters. The normalized spacial score (nSPS) is 12.6. The van der Waals surface area contributed by atoms with Crippen molar-refractivity contribution in [2.24, 2.45) is 5.73 Å². The van der Waals surface area contributed by atoms with Crippen LogP contribution in [0.1, 0.15) is 10.1 Å². The average Bonchev–Trinajstić information content (AvgIpc) is 2.74. The van der Waals surface area contributed by atoms with Gasteiger partial charge in [0, 0.05) is 33.7 Å². The van der Waals surface area contributed by atoms with Gasteiger partial charge in [-0.1, -0.05) is 11.8 Å². The van der Waals surface area contributed by atoms with Gasteiger partial charge in [-0.15, -0.1) is 11.3 Å². The summed E-state index contributed by atoms with van der Waals surface area (Å²) in [5.74, 6) is 0. The quantitative estimate of drug-likeness (QED) is 0.696. The number of halogens is 1. The van der Waals surface area contributed by atoms with Crippen LogP contribution in [-0.2, 0) is 0 Å². The van der Waals surface area contributed by atoms with E-state index in [0.29, 0.717) is 6.54 Å². The van der Waals surface area contributed by atoms with Gasteiger partial charge in [0.25, 0.3) is 0 Å². The number of thiophene rings is 1. The predicted molar refractivity (Wildman–Crippen MR) is 71.7 cm³/mol. The molecule has 0 aliphatic heterocycles. The molecule has 0 aliphatic carbocycles. The van der Waals surface area contributed by atoms with Gasteiger partial charge < -0.3 is 5.73 Å². The van der Waals surface area contributed by atoms with Crippen molar-refractivity contribution in [3.05, 3.63) is 39.3 Å². The van der Waals surface area contributed by atoms with E-state index < -0.39 is 0 Å². The molecule has 0 aromatic carbocycles. The Bertz CT molecular complexity index is 446. The van der Waals surface area contributed by atoms with E-state index in [1.54, 1.807) is 35.5 Å². The first-order valence-electron chi connectivity index (χ1n) is 4.67. The minimum Gasteiger partial charge on any atom is -0.329 e. The van der Waals surface area contributed by atoms with Crippen LogP contribution >= 0.6 is 39.0 Å². The van der Waals surface area contributed by atoms with Crippen LogP contribution in [0.15, 0.2) is 39.5 Å². The molecule has 2 rings (SSSR count). The standard InChI is InChI=1S/C10H10BrN3S2/c11-7-4-8(15-6-7)9(5-12)16-10-13-2-1-3-14-10/h1-4,6,9H,5,12H2. The second-order valence-electron chi connectivity index (χ2n) is 3.04. The molecule has 0 saturated carbocycles. The number of nitrogens with two attached hydrogens (primary N) is 1. The number of hydrogen-bond donors (Lipinski definition) is 1. The van der Waals surface area contributed by atoms with Crippen molar-refractivity contribution in [3.63, 3.8) is 0 Å². The van der Waals surface area contributed by atoms with E-state index in [1.807, 2.05) is 6.07 Å². The molecular weight excluding hydrogens is 306 g/mol. The summed E-state index contributed by atoms with van der Waals surface area (Å²) in [5, 5.41) is 3.05. The predicted octanol–water partition coefficient (Wildman–Crippen LogP) is 3.09. The Balaban J connectivity index is 2.12. The second kappa shape index (κ2) is 5.77. The highest BCUT2D eigenvalue weighted by molar-refractivity contribution is 9.10. The van der Waals surface area contributed by atoms with Gasteiger partial charge in [0.05, 0.1) is 5.25 Å². The van der Waals surface area contributed by atoms with Gasteiger partial charge in [-0.05, 0) is 28.1 Å². The zero-order valence-corrected chi connectivity index (χ0v) is 11.6. The largest absolute Gasteiger partial charge is 0.329 e. The summed E-state index contributed by atoms with van der Waals surface area (Å²) in [6.07, 6.45) is 3.49. The Morgan fingerprint density at radius 3 is 2.75 bits per heavy atom. The van der Waals surface area contributed by atoms with Crippen LogP contribution < -0.4 is 5.73 Å². The van der Waals surface area contributed by atoms with Crippen molar-refractivity contribution in [1.29, 1.82) is 0 Å². The molecule has 0 spiro atoms. The molecule has 1 atom stereocenters. The molecule has 2 aromatic rings. The maximum atomic E-state index is 5.78. The lowest BCUT2D eigenvalue weighted by atomic mass is 10.3. The fourth-order valence-corrected chi connectivity index (χ4v) is 3.72. The summed E-state index contributed by atoms with van der Waals surface area (Å²) in [6.45, 7) is 0.579. The van der Waals surface area contributed by atoms with E-state index in [4.69, 9.17) is 5.73 Å². The van der Waals surface area contributed by atoms with Crippen LogP contribution in [0.4, 0.5) is 0 Å². The fraction of sp³-hybridized carbons (Fsp3) is 0.200. The second-order valence-corrected chi connectivity index (χ2v) is 6.07. The van der Waals surface area contributed by atoms with E-state index in [0.717, 1.165) is 9.63 Å². The lowest BCUT2D eigenvalue weighted by molar-refractivity contribution is 0.920. The molecule has 84 valence electrons. The Hall–Kier alpha value is -0.430. The van der Waals surface area contributed by atoms with Crippen LogP contribution in [0, 0.1) is 0 Å². The third-order valence-corrected chi connectivity index (χ3v) is 5.02. The molecule has 0 fully saturated rings. The third kappa shape index (κ3) is 3.04. The van der Waals surface area contributed by atoms with E-state index in [9.17, 15) is 0 Å². The first-order chi connectivity index (χ1) is 7.79. The minimum atomic E-state index is 0.221. The average molecular weight is 316 g/mol. The number of rotatable bonds is 4. The van der Waals surface area contributed by atoms with Crippen LogP contribution in [0.25, 0.3) is 0 Å². The zero-order chi connectivity index (χ0) is 11.4. The molecule has 16 heavy (non-hydrogen) atoms. The molecule has 0 aliphatic rings. The molecule has 2 heterocycles. The molecular formula is C10H10BrN3S2. The van der Waals surface area contributed by atoms with E-state index in [1.165, 1.54) is 4.88 Å². The number of nitrogens with zero attached hydrogens (tertiary/aromatic N) is 2. The van der Waals surface area contributed by atoms with E-state index in [-0.39, 0.29) is 5.25 Å². The number of aromatic nitrogens is 2. The molecule has 0 radical (unpaired) electrons. The summed E-state index contributed by atoms with van der Waals surface area (Å²) in [5.41, 5.74) is 5.78. The Morgan fingerprint density at radius 2 is 2.19 bits per heavy atom. The monoisotopic (exact) mass is 315 g/mol. The Labute approximate surface area is 111 Å². The zero-order valence-electron chi connectivity index (χ0n) is 8.34. The molecule has 0 bridgehead atoms. The van der Waals surface area contributed by atoms with Crippen molar-refractivity contribution in [3.8, 4) is 0 Å². The third-order valence-electron chi connectivity index (χ3n) is 1.91. The number of thioether (sulfide) groups is 1. The fourth-order valence-electron chi connectivity index (χ4n) is 1.19. The lowest BCUT2D eigenvalue weighted by Crippen LogP contribution is -2.08. The van der Waals surface area contributed by atoms with Crippen LogP contribution in [-0.4, -0.2) is 16.5 Å². The highest BCUT2D eigenvalue weighted by atomic mass is 79.9.